The Hall–Kier alpha value is -0.910. The Bertz CT molecular complexity index is 644. The zero-order valence-corrected chi connectivity index (χ0v) is 12.2. The number of fused-ring (bicyclic) bond motifs is 1. The van der Waals surface area contributed by atoms with E-state index < -0.39 is 5.76 Å². The maximum Gasteiger partial charge on any atom is 0.417 e. The normalized spacial score (nSPS) is 18.2. The molecule has 19 heavy (non-hydrogen) atoms. The first-order valence-corrected chi connectivity index (χ1v) is 7.56. The molecule has 1 aliphatic heterocycles. The van der Waals surface area contributed by atoms with E-state index in [1.807, 2.05) is 12.1 Å². The molecule has 0 spiro atoms. The quantitative estimate of drug-likeness (QED) is 0.926. The molecule has 1 N–H and O–H groups in total. The number of aromatic amines is 1. The van der Waals surface area contributed by atoms with Crippen molar-refractivity contribution in [1.29, 1.82) is 0 Å². The maximum atomic E-state index is 11.2. The smallest absolute Gasteiger partial charge is 0.406 e. The number of nitrogens with one attached hydrogen (secondary N) is 1. The van der Waals surface area contributed by atoms with Crippen LogP contribution in [0.15, 0.2) is 26.2 Å². The lowest BCUT2D eigenvalue weighted by Gasteiger charge is -2.28. The van der Waals surface area contributed by atoms with E-state index in [-0.39, 0.29) is 0 Å². The second-order valence-corrected chi connectivity index (χ2v) is 6.61. The Morgan fingerprint density at radius 2 is 2.16 bits per heavy atom. The van der Waals surface area contributed by atoms with Crippen molar-refractivity contribution < 1.29 is 4.42 Å². The molecule has 1 aromatic carbocycles. The van der Waals surface area contributed by atoms with Crippen LogP contribution < -0.4 is 5.76 Å². The summed E-state index contributed by atoms with van der Waals surface area (Å²) in [5, 5.41) is 1.12. The number of oxazole rings is 1. The summed E-state index contributed by atoms with van der Waals surface area (Å²) in [6.45, 7) is 2.24. The minimum atomic E-state index is -0.460. The number of hydrogen-bond acceptors (Lipinski definition) is 4. The number of nitrogens with zero attached hydrogens (tertiary/aromatic N) is 1. The second-order valence-electron chi connectivity index (χ2n) is 4.89. The molecule has 2 aromatic rings. The van der Waals surface area contributed by atoms with Gasteiger partial charge in [0, 0.05) is 10.1 Å². The third-order valence-corrected chi connectivity index (χ3v) is 5.34. The standard InChI is InChI=1S/C13H15ClN2O2S/c1-16-6-4-8(5-7-16)19-10-3-2-9-12(11(10)14)18-13(17)15-9/h2-3,8H,4-7H2,1H3,(H,15,17). The van der Waals surface area contributed by atoms with E-state index in [4.69, 9.17) is 16.0 Å². The molecule has 2 heterocycles. The fourth-order valence-electron chi connectivity index (χ4n) is 2.34. The highest BCUT2D eigenvalue weighted by Crippen LogP contribution is 2.37. The van der Waals surface area contributed by atoms with Gasteiger partial charge >= 0.3 is 5.76 Å². The largest absolute Gasteiger partial charge is 0.417 e. The maximum absolute atomic E-state index is 11.2. The summed E-state index contributed by atoms with van der Waals surface area (Å²) in [7, 11) is 2.15. The number of halogens is 1. The molecule has 1 aliphatic rings. The topological polar surface area (TPSA) is 49.2 Å². The van der Waals surface area contributed by atoms with Gasteiger partial charge in [0.1, 0.15) is 0 Å². The molecule has 3 rings (SSSR count). The highest BCUT2D eigenvalue weighted by atomic mass is 35.5. The van der Waals surface area contributed by atoms with Gasteiger partial charge in [-0.3, -0.25) is 4.98 Å². The average molecular weight is 299 g/mol. The minimum Gasteiger partial charge on any atom is -0.406 e. The molecule has 6 heteroatoms. The predicted molar refractivity (Wildman–Crippen MR) is 78.2 cm³/mol. The Morgan fingerprint density at radius 3 is 2.89 bits per heavy atom. The van der Waals surface area contributed by atoms with E-state index in [0.717, 1.165) is 30.8 Å². The molecule has 0 radical (unpaired) electrons. The number of rotatable bonds is 2. The van der Waals surface area contributed by atoms with E-state index in [1.54, 1.807) is 11.8 Å². The molecular weight excluding hydrogens is 284 g/mol. The zero-order chi connectivity index (χ0) is 13.4. The molecule has 0 unspecified atom stereocenters. The molecule has 1 aromatic heterocycles. The van der Waals surface area contributed by atoms with Crippen molar-refractivity contribution in [3.63, 3.8) is 0 Å². The van der Waals surface area contributed by atoms with Crippen molar-refractivity contribution >= 4 is 34.5 Å². The van der Waals surface area contributed by atoms with E-state index in [2.05, 4.69) is 16.9 Å². The molecule has 4 nitrogen and oxygen atoms in total. The lowest BCUT2D eigenvalue weighted by Crippen LogP contribution is -2.31. The molecular formula is C13H15ClN2O2S. The average Bonchev–Trinajstić information content (AvgIpc) is 2.77. The summed E-state index contributed by atoms with van der Waals surface area (Å²) in [5.41, 5.74) is 1.12. The molecule has 0 saturated carbocycles. The summed E-state index contributed by atoms with van der Waals surface area (Å²) in [4.78, 5) is 17.1. The van der Waals surface area contributed by atoms with E-state index in [0.29, 0.717) is 21.4 Å². The van der Waals surface area contributed by atoms with Crippen LogP contribution in [-0.2, 0) is 0 Å². The van der Waals surface area contributed by atoms with E-state index in [9.17, 15) is 4.79 Å². The Kier molecular flexibility index (Phi) is 3.60. The molecule has 0 amide bonds. The van der Waals surface area contributed by atoms with Crippen LogP contribution in [0.5, 0.6) is 0 Å². The number of aromatic nitrogens is 1. The minimum absolute atomic E-state index is 0.460. The van der Waals surface area contributed by atoms with Gasteiger partial charge < -0.3 is 9.32 Å². The van der Waals surface area contributed by atoms with Gasteiger partial charge in [-0.25, -0.2) is 4.79 Å². The highest BCUT2D eigenvalue weighted by molar-refractivity contribution is 8.00. The van der Waals surface area contributed by atoms with Gasteiger partial charge in [0.15, 0.2) is 5.58 Å². The van der Waals surface area contributed by atoms with Crippen LogP contribution in [0, 0.1) is 0 Å². The number of likely N-dealkylation sites (tertiary alicyclic amines) is 1. The second kappa shape index (κ2) is 5.23. The number of thioether (sulfide) groups is 1. The summed E-state index contributed by atoms with van der Waals surface area (Å²) >= 11 is 8.10. The third kappa shape index (κ3) is 2.68. The summed E-state index contributed by atoms with van der Waals surface area (Å²) in [6.07, 6.45) is 2.32. The molecule has 1 fully saturated rings. The van der Waals surface area contributed by atoms with Crippen molar-refractivity contribution in [3.8, 4) is 0 Å². The van der Waals surface area contributed by atoms with Crippen molar-refractivity contribution in [3.05, 3.63) is 27.7 Å². The molecule has 102 valence electrons. The van der Waals surface area contributed by atoms with Gasteiger partial charge in [-0.05, 0) is 45.1 Å². The van der Waals surface area contributed by atoms with Crippen LogP contribution in [0.2, 0.25) is 5.02 Å². The highest BCUT2D eigenvalue weighted by Gasteiger charge is 2.20. The molecule has 0 bridgehead atoms. The van der Waals surface area contributed by atoms with Crippen LogP contribution in [0.1, 0.15) is 12.8 Å². The Morgan fingerprint density at radius 1 is 1.42 bits per heavy atom. The fraction of sp³-hybridized carbons (Fsp3) is 0.462. The summed E-state index contributed by atoms with van der Waals surface area (Å²) < 4.78 is 5.08. The zero-order valence-electron chi connectivity index (χ0n) is 10.6. The number of piperidine rings is 1. The van der Waals surface area contributed by atoms with Gasteiger partial charge in [0.05, 0.1) is 10.5 Å². The van der Waals surface area contributed by atoms with Crippen LogP contribution in [-0.4, -0.2) is 35.3 Å². The summed E-state index contributed by atoms with van der Waals surface area (Å²) in [5.74, 6) is -0.460. The van der Waals surface area contributed by atoms with Gasteiger partial charge in [0.2, 0.25) is 0 Å². The summed E-state index contributed by atoms with van der Waals surface area (Å²) in [6, 6.07) is 3.81. The lowest BCUT2D eigenvalue weighted by atomic mass is 10.1. The van der Waals surface area contributed by atoms with Crippen molar-refractivity contribution in [1.82, 2.24) is 9.88 Å². The van der Waals surface area contributed by atoms with Gasteiger partial charge in [0.25, 0.3) is 0 Å². The van der Waals surface area contributed by atoms with Crippen LogP contribution in [0.25, 0.3) is 11.1 Å². The first kappa shape index (κ1) is 13.1. The number of benzene rings is 1. The van der Waals surface area contributed by atoms with Crippen molar-refractivity contribution in [2.24, 2.45) is 0 Å². The fourth-order valence-corrected chi connectivity index (χ4v) is 3.82. The molecule has 1 saturated heterocycles. The number of hydrogen-bond donors (Lipinski definition) is 1. The molecule has 0 aliphatic carbocycles. The van der Waals surface area contributed by atoms with Gasteiger partial charge in [-0.15, -0.1) is 11.8 Å². The van der Waals surface area contributed by atoms with Crippen molar-refractivity contribution in [2.45, 2.75) is 23.0 Å². The predicted octanol–water partition coefficient (Wildman–Crippen LogP) is 2.96. The van der Waals surface area contributed by atoms with E-state index >= 15 is 0 Å². The SMILES string of the molecule is CN1CCC(Sc2ccc3[nH]c(=O)oc3c2Cl)CC1. The van der Waals surface area contributed by atoms with E-state index in [1.165, 1.54) is 0 Å². The Balaban J connectivity index is 1.84. The molecule has 0 atom stereocenters. The lowest BCUT2D eigenvalue weighted by molar-refractivity contribution is 0.282. The van der Waals surface area contributed by atoms with Crippen LogP contribution >= 0.6 is 23.4 Å². The van der Waals surface area contributed by atoms with Gasteiger partial charge in [-0.2, -0.15) is 0 Å². The van der Waals surface area contributed by atoms with Gasteiger partial charge in [-0.1, -0.05) is 11.6 Å². The van der Waals surface area contributed by atoms with Crippen LogP contribution in [0.3, 0.4) is 0 Å². The van der Waals surface area contributed by atoms with Crippen molar-refractivity contribution in [2.75, 3.05) is 20.1 Å². The third-order valence-electron chi connectivity index (χ3n) is 3.45. The number of H-pyrrole nitrogens is 1. The Labute approximate surface area is 120 Å². The van der Waals surface area contributed by atoms with Crippen LogP contribution in [0.4, 0.5) is 0 Å². The monoisotopic (exact) mass is 298 g/mol. The first-order chi connectivity index (χ1) is 9.13. The first-order valence-electron chi connectivity index (χ1n) is 6.30.